The van der Waals surface area contributed by atoms with Gasteiger partial charge in [-0.25, -0.2) is 0 Å². The van der Waals surface area contributed by atoms with Crippen LogP contribution in [0.5, 0.6) is 5.75 Å². The zero-order chi connectivity index (χ0) is 27.8. The Balaban J connectivity index is 1.66. The molecule has 4 aromatic rings. The van der Waals surface area contributed by atoms with E-state index in [-0.39, 0.29) is 31.0 Å². The molecule has 0 aliphatic carbocycles. The second-order valence-corrected chi connectivity index (χ2v) is 10.4. The number of fused-ring (bicyclic) bond motifs is 1. The molecule has 4 rings (SSSR count). The SMILES string of the molecule is CC[C@@H](C)NC(=O)[C@@H](Cc1ccccc1)N(Cc1ccc(Cl)c(Cl)c1)C(=O)COc1cccc2ccccc12. The summed E-state index contributed by atoms with van der Waals surface area (Å²) in [5, 5.41) is 5.81. The minimum atomic E-state index is -0.764. The van der Waals surface area contributed by atoms with Crippen molar-refractivity contribution < 1.29 is 14.3 Å². The van der Waals surface area contributed by atoms with Crippen molar-refractivity contribution in [2.75, 3.05) is 6.61 Å². The molecule has 0 aliphatic heterocycles. The minimum Gasteiger partial charge on any atom is -0.483 e. The summed E-state index contributed by atoms with van der Waals surface area (Å²) < 4.78 is 6.05. The predicted molar refractivity (Wildman–Crippen MR) is 158 cm³/mol. The number of hydrogen-bond acceptors (Lipinski definition) is 3. The molecule has 0 fully saturated rings. The molecule has 5 nitrogen and oxygen atoms in total. The lowest BCUT2D eigenvalue weighted by molar-refractivity contribution is -0.143. The molecule has 202 valence electrons. The Morgan fingerprint density at radius 2 is 1.59 bits per heavy atom. The van der Waals surface area contributed by atoms with Gasteiger partial charge in [0.15, 0.2) is 6.61 Å². The van der Waals surface area contributed by atoms with Crippen LogP contribution >= 0.6 is 23.2 Å². The highest BCUT2D eigenvalue weighted by Gasteiger charge is 2.31. The molecule has 0 aromatic heterocycles. The zero-order valence-corrected chi connectivity index (χ0v) is 23.6. The van der Waals surface area contributed by atoms with E-state index < -0.39 is 6.04 Å². The van der Waals surface area contributed by atoms with E-state index in [0.717, 1.165) is 28.3 Å². The van der Waals surface area contributed by atoms with E-state index in [1.165, 1.54) is 0 Å². The number of amides is 2. The van der Waals surface area contributed by atoms with Crippen molar-refractivity contribution in [2.45, 2.75) is 45.3 Å². The first-order valence-electron chi connectivity index (χ1n) is 13.0. The Labute approximate surface area is 239 Å². The number of ether oxygens (including phenoxy) is 1. The average Bonchev–Trinajstić information content (AvgIpc) is 2.95. The van der Waals surface area contributed by atoms with Gasteiger partial charge in [-0.3, -0.25) is 9.59 Å². The molecule has 39 heavy (non-hydrogen) atoms. The Morgan fingerprint density at radius 1 is 0.872 bits per heavy atom. The molecule has 0 aliphatic rings. The van der Waals surface area contributed by atoms with Gasteiger partial charge in [-0.15, -0.1) is 0 Å². The molecule has 0 spiro atoms. The van der Waals surface area contributed by atoms with Crippen LogP contribution in [0.25, 0.3) is 10.8 Å². The molecular weight excluding hydrogens is 531 g/mol. The number of halogens is 2. The largest absolute Gasteiger partial charge is 0.483 e. The predicted octanol–water partition coefficient (Wildman–Crippen LogP) is 7.08. The first-order valence-corrected chi connectivity index (χ1v) is 13.8. The second kappa shape index (κ2) is 13.5. The maximum absolute atomic E-state index is 13.9. The third-order valence-electron chi connectivity index (χ3n) is 6.71. The Morgan fingerprint density at radius 3 is 2.33 bits per heavy atom. The number of carbonyl (C=O) groups excluding carboxylic acids is 2. The van der Waals surface area contributed by atoms with Gasteiger partial charge in [0.1, 0.15) is 11.8 Å². The van der Waals surface area contributed by atoms with Gasteiger partial charge in [0, 0.05) is 24.4 Å². The molecule has 1 N–H and O–H groups in total. The van der Waals surface area contributed by atoms with E-state index in [0.29, 0.717) is 22.2 Å². The zero-order valence-electron chi connectivity index (χ0n) is 22.1. The summed E-state index contributed by atoms with van der Waals surface area (Å²) in [5.74, 6) is 0.0839. The maximum Gasteiger partial charge on any atom is 0.261 e. The van der Waals surface area contributed by atoms with E-state index >= 15 is 0 Å². The van der Waals surface area contributed by atoms with Crippen molar-refractivity contribution >= 4 is 45.8 Å². The molecule has 0 saturated heterocycles. The molecule has 7 heteroatoms. The lowest BCUT2D eigenvalue weighted by Gasteiger charge is -2.32. The second-order valence-electron chi connectivity index (χ2n) is 9.56. The van der Waals surface area contributed by atoms with Crippen molar-refractivity contribution in [2.24, 2.45) is 0 Å². The minimum absolute atomic E-state index is 0.0374. The van der Waals surface area contributed by atoms with Crippen molar-refractivity contribution in [1.82, 2.24) is 10.2 Å². The Hall–Kier alpha value is -3.54. The highest BCUT2D eigenvalue weighted by molar-refractivity contribution is 6.42. The van der Waals surface area contributed by atoms with Crippen molar-refractivity contribution in [1.29, 1.82) is 0 Å². The molecule has 0 bridgehead atoms. The van der Waals surface area contributed by atoms with E-state index in [2.05, 4.69) is 5.32 Å². The lowest BCUT2D eigenvalue weighted by atomic mass is 10.0. The van der Waals surface area contributed by atoms with Gasteiger partial charge in [-0.1, -0.05) is 103 Å². The molecular formula is C32H32Cl2N2O3. The van der Waals surface area contributed by atoms with Crippen LogP contribution < -0.4 is 10.1 Å². The highest BCUT2D eigenvalue weighted by atomic mass is 35.5. The average molecular weight is 564 g/mol. The highest BCUT2D eigenvalue weighted by Crippen LogP contribution is 2.27. The summed E-state index contributed by atoms with van der Waals surface area (Å²) in [7, 11) is 0. The molecule has 0 unspecified atom stereocenters. The number of carbonyl (C=O) groups is 2. The van der Waals surface area contributed by atoms with Gasteiger partial charge in [-0.05, 0) is 48.1 Å². The first-order chi connectivity index (χ1) is 18.9. The van der Waals surface area contributed by atoms with Crippen molar-refractivity contribution in [3.8, 4) is 5.75 Å². The maximum atomic E-state index is 13.9. The van der Waals surface area contributed by atoms with Crippen molar-refractivity contribution in [3.63, 3.8) is 0 Å². The fraction of sp³-hybridized carbons (Fsp3) is 0.250. The van der Waals surface area contributed by atoms with Crippen LogP contribution in [0.3, 0.4) is 0 Å². The normalized spacial score (nSPS) is 12.5. The first kappa shape index (κ1) is 28.5. The monoisotopic (exact) mass is 562 g/mol. The van der Waals surface area contributed by atoms with Gasteiger partial charge in [0.2, 0.25) is 5.91 Å². The van der Waals surface area contributed by atoms with Gasteiger partial charge < -0.3 is 15.0 Å². The number of nitrogens with zero attached hydrogens (tertiary/aromatic N) is 1. The van der Waals surface area contributed by atoms with E-state index in [1.807, 2.05) is 92.7 Å². The van der Waals surface area contributed by atoms with E-state index in [1.54, 1.807) is 17.0 Å². The van der Waals surface area contributed by atoms with E-state index in [9.17, 15) is 9.59 Å². The summed E-state index contributed by atoms with van der Waals surface area (Å²) in [5.41, 5.74) is 1.71. The summed E-state index contributed by atoms with van der Waals surface area (Å²) in [6, 6.07) is 27.7. The number of hydrogen-bond donors (Lipinski definition) is 1. The van der Waals surface area contributed by atoms with Crippen LogP contribution in [-0.4, -0.2) is 35.4 Å². The van der Waals surface area contributed by atoms with Crippen LogP contribution in [0.2, 0.25) is 10.0 Å². The molecule has 0 heterocycles. The van der Waals surface area contributed by atoms with Crippen LogP contribution in [0.4, 0.5) is 0 Å². The van der Waals surface area contributed by atoms with Crippen LogP contribution in [-0.2, 0) is 22.6 Å². The smallest absolute Gasteiger partial charge is 0.261 e. The van der Waals surface area contributed by atoms with Gasteiger partial charge in [0.05, 0.1) is 10.0 Å². The molecule has 0 radical (unpaired) electrons. The van der Waals surface area contributed by atoms with Crippen LogP contribution in [0.1, 0.15) is 31.4 Å². The number of nitrogens with one attached hydrogen (secondary N) is 1. The Kier molecular flexibility index (Phi) is 9.85. The molecule has 2 amide bonds. The fourth-order valence-electron chi connectivity index (χ4n) is 4.37. The summed E-state index contributed by atoms with van der Waals surface area (Å²) in [4.78, 5) is 29.1. The third kappa shape index (κ3) is 7.53. The lowest BCUT2D eigenvalue weighted by Crippen LogP contribution is -2.53. The molecule has 2 atom stereocenters. The summed E-state index contributed by atoms with van der Waals surface area (Å²) >= 11 is 12.4. The quantitative estimate of drug-likeness (QED) is 0.212. The summed E-state index contributed by atoms with van der Waals surface area (Å²) in [6.07, 6.45) is 1.12. The van der Waals surface area contributed by atoms with Crippen molar-refractivity contribution in [3.05, 3.63) is 112 Å². The topological polar surface area (TPSA) is 58.6 Å². The molecule has 0 saturated carbocycles. The van der Waals surface area contributed by atoms with Gasteiger partial charge in [0.25, 0.3) is 5.91 Å². The van der Waals surface area contributed by atoms with Gasteiger partial charge in [-0.2, -0.15) is 0 Å². The van der Waals surface area contributed by atoms with Gasteiger partial charge >= 0.3 is 0 Å². The Bertz CT molecular complexity index is 1420. The number of benzene rings is 4. The standard InChI is InChI=1S/C32H32Cl2N2O3/c1-3-22(2)35-32(38)29(19-23-10-5-4-6-11-23)36(20-24-16-17-27(33)28(34)18-24)31(37)21-39-30-15-9-13-25-12-7-8-14-26(25)30/h4-18,22,29H,3,19-21H2,1-2H3,(H,35,38)/t22-,29-/m1/s1. The van der Waals surface area contributed by atoms with Crippen LogP contribution in [0, 0.1) is 0 Å². The summed E-state index contributed by atoms with van der Waals surface area (Å²) in [6.45, 7) is 3.90. The number of rotatable bonds is 11. The van der Waals surface area contributed by atoms with E-state index in [4.69, 9.17) is 27.9 Å². The van der Waals surface area contributed by atoms with Crippen LogP contribution in [0.15, 0.2) is 91.0 Å². The third-order valence-corrected chi connectivity index (χ3v) is 7.45. The molecule has 4 aromatic carbocycles. The fourth-order valence-corrected chi connectivity index (χ4v) is 4.69.